The number of benzene rings is 1. The average Bonchev–Trinajstić information content (AvgIpc) is 2.17. The Morgan fingerprint density at radius 2 is 1.94 bits per heavy atom. The van der Waals surface area contributed by atoms with Crippen LogP contribution in [-0.2, 0) is 5.60 Å². The van der Waals surface area contributed by atoms with Crippen LogP contribution in [0, 0.1) is 11.7 Å². The van der Waals surface area contributed by atoms with Crippen molar-refractivity contribution in [3.05, 3.63) is 35.6 Å². The lowest BCUT2D eigenvalue weighted by Crippen LogP contribution is -2.22. The minimum Gasteiger partial charge on any atom is -0.385 e. The Bertz CT molecular complexity index is 331. The Morgan fingerprint density at radius 1 is 1.31 bits per heavy atom. The van der Waals surface area contributed by atoms with Crippen LogP contribution in [0.5, 0.6) is 0 Å². The molecule has 0 aromatic heterocycles. The zero-order valence-electron chi connectivity index (χ0n) is 10.3. The molecule has 0 bridgehead atoms. The van der Waals surface area contributed by atoms with E-state index in [1.54, 1.807) is 25.1 Å². The van der Waals surface area contributed by atoms with Crippen LogP contribution in [0.15, 0.2) is 24.3 Å². The number of halogens is 1. The Hall–Kier alpha value is -0.890. The summed E-state index contributed by atoms with van der Waals surface area (Å²) in [5, 5.41) is 10.2. The summed E-state index contributed by atoms with van der Waals surface area (Å²) in [6.07, 6.45) is 2.58. The third-order valence-corrected chi connectivity index (χ3v) is 2.90. The molecule has 0 radical (unpaired) electrons. The molecule has 1 rings (SSSR count). The highest BCUT2D eigenvalue weighted by Crippen LogP contribution is 2.29. The van der Waals surface area contributed by atoms with Crippen molar-refractivity contribution in [1.29, 1.82) is 0 Å². The molecule has 0 saturated carbocycles. The smallest absolute Gasteiger partial charge is 0.129 e. The van der Waals surface area contributed by atoms with Crippen molar-refractivity contribution in [2.24, 2.45) is 5.92 Å². The second kappa shape index (κ2) is 5.44. The molecular weight excluding hydrogens is 203 g/mol. The largest absolute Gasteiger partial charge is 0.385 e. The standard InChI is InChI=1S/C14H21FO/c1-11(2)7-6-10-14(3,16)12-8-4-5-9-13(12)15/h4-5,8-9,11,16H,6-7,10H2,1-3H3. The highest BCUT2D eigenvalue weighted by molar-refractivity contribution is 5.23. The lowest BCUT2D eigenvalue weighted by Gasteiger charge is -2.24. The van der Waals surface area contributed by atoms with Crippen molar-refractivity contribution in [3.8, 4) is 0 Å². The van der Waals surface area contributed by atoms with E-state index in [1.165, 1.54) is 6.07 Å². The number of rotatable bonds is 5. The van der Waals surface area contributed by atoms with Gasteiger partial charge in [0.1, 0.15) is 5.82 Å². The maximum absolute atomic E-state index is 13.5. The quantitative estimate of drug-likeness (QED) is 0.805. The SMILES string of the molecule is CC(C)CCCC(C)(O)c1ccccc1F. The van der Waals surface area contributed by atoms with Gasteiger partial charge in [0.05, 0.1) is 5.60 Å². The normalized spacial score (nSPS) is 15.1. The van der Waals surface area contributed by atoms with Crippen LogP contribution in [0.2, 0.25) is 0 Å². The third-order valence-electron chi connectivity index (χ3n) is 2.90. The van der Waals surface area contributed by atoms with Crippen LogP contribution in [0.1, 0.15) is 45.6 Å². The first-order chi connectivity index (χ1) is 7.43. The maximum atomic E-state index is 13.5. The van der Waals surface area contributed by atoms with Gasteiger partial charge < -0.3 is 5.11 Å². The minimum absolute atomic E-state index is 0.322. The van der Waals surface area contributed by atoms with Crippen LogP contribution in [-0.4, -0.2) is 5.11 Å². The monoisotopic (exact) mass is 224 g/mol. The van der Waals surface area contributed by atoms with E-state index >= 15 is 0 Å². The summed E-state index contributed by atoms with van der Waals surface area (Å²) in [4.78, 5) is 0. The first-order valence-corrected chi connectivity index (χ1v) is 5.91. The van der Waals surface area contributed by atoms with E-state index in [4.69, 9.17) is 0 Å². The fourth-order valence-corrected chi connectivity index (χ4v) is 1.89. The van der Waals surface area contributed by atoms with Gasteiger partial charge in [-0.2, -0.15) is 0 Å². The molecule has 1 aromatic carbocycles. The van der Waals surface area contributed by atoms with E-state index in [2.05, 4.69) is 13.8 Å². The predicted octanol–water partition coefficient (Wildman–Crippen LogP) is 3.86. The third kappa shape index (κ3) is 3.60. The molecule has 1 aromatic rings. The van der Waals surface area contributed by atoms with Gasteiger partial charge in [0.2, 0.25) is 0 Å². The van der Waals surface area contributed by atoms with Gasteiger partial charge in [0.15, 0.2) is 0 Å². The summed E-state index contributed by atoms with van der Waals surface area (Å²) in [5.74, 6) is 0.300. The lowest BCUT2D eigenvalue weighted by atomic mass is 9.89. The van der Waals surface area contributed by atoms with Crippen molar-refractivity contribution in [2.75, 3.05) is 0 Å². The zero-order chi connectivity index (χ0) is 12.2. The molecule has 0 fully saturated rings. The van der Waals surface area contributed by atoms with Crippen LogP contribution in [0.3, 0.4) is 0 Å². The first kappa shape index (κ1) is 13.2. The van der Waals surface area contributed by atoms with Gasteiger partial charge in [0, 0.05) is 5.56 Å². The number of aliphatic hydroxyl groups is 1. The van der Waals surface area contributed by atoms with E-state index in [1.807, 2.05) is 0 Å². The molecule has 0 aliphatic rings. The highest BCUT2D eigenvalue weighted by Gasteiger charge is 2.25. The van der Waals surface area contributed by atoms with Gasteiger partial charge in [-0.3, -0.25) is 0 Å². The second-order valence-corrected chi connectivity index (χ2v) is 5.04. The van der Waals surface area contributed by atoms with Gasteiger partial charge in [-0.05, 0) is 31.7 Å². The summed E-state index contributed by atoms with van der Waals surface area (Å²) in [6.45, 7) is 5.99. The molecule has 0 heterocycles. The molecule has 0 saturated heterocycles. The van der Waals surface area contributed by atoms with Gasteiger partial charge >= 0.3 is 0 Å². The van der Waals surface area contributed by atoms with Crippen LogP contribution >= 0.6 is 0 Å². The summed E-state index contributed by atoms with van der Waals surface area (Å²) in [6, 6.07) is 6.45. The first-order valence-electron chi connectivity index (χ1n) is 5.91. The highest BCUT2D eigenvalue weighted by atomic mass is 19.1. The molecule has 2 heteroatoms. The molecule has 90 valence electrons. The van der Waals surface area contributed by atoms with Crippen molar-refractivity contribution in [3.63, 3.8) is 0 Å². The lowest BCUT2D eigenvalue weighted by molar-refractivity contribution is 0.0405. The number of hydrogen-bond donors (Lipinski definition) is 1. The average molecular weight is 224 g/mol. The molecule has 1 unspecified atom stereocenters. The van der Waals surface area contributed by atoms with E-state index in [-0.39, 0.29) is 5.82 Å². The van der Waals surface area contributed by atoms with Crippen LogP contribution < -0.4 is 0 Å². The van der Waals surface area contributed by atoms with Crippen molar-refractivity contribution >= 4 is 0 Å². The van der Waals surface area contributed by atoms with Gasteiger partial charge in [-0.25, -0.2) is 4.39 Å². The topological polar surface area (TPSA) is 20.2 Å². The van der Waals surface area contributed by atoms with E-state index in [0.717, 1.165) is 12.8 Å². The molecule has 1 N–H and O–H groups in total. The fraction of sp³-hybridized carbons (Fsp3) is 0.571. The molecule has 1 nitrogen and oxygen atoms in total. The van der Waals surface area contributed by atoms with Gasteiger partial charge in [-0.1, -0.05) is 38.5 Å². The summed E-state index contributed by atoms with van der Waals surface area (Å²) in [5.41, 5.74) is -0.654. The number of hydrogen-bond acceptors (Lipinski definition) is 1. The van der Waals surface area contributed by atoms with Crippen molar-refractivity contribution in [2.45, 2.75) is 45.6 Å². The molecule has 0 amide bonds. The van der Waals surface area contributed by atoms with Crippen LogP contribution in [0.25, 0.3) is 0 Å². The molecule has 1 atom stereocenters. The molecular formula is C14H21FO. The predicted molar refractivity (Wildman–Crippen MR) is 64.7 cm³/mol. The van der Waals surface area contributed by atoms with E-state index in [0.29, 0.717) is 17.9 Å². The van der Waals surface area contributed by atoms with Crippen molar-refractivity contribution < 1.29 is 9.50 Å². The summed E-state index contributed by atoms with van der Waals surface area (Å²) >= 11 is 0. The van der Waals surface area contributed by atoms with Gasteiger partial charge in [-0.15, -0.1) is 0 Å². The Labute approximate surface area is 97.3 Å². The molecule has 0 aliphatic heterocycles. The van der Waals surface area contributed by atoms with E-state index in [9.17, 15) is 9.50 Å². The molecule has 16 heavy (non-hydrogen) atoms. The zero-order valence-corrected chi connectivity index (χ0v) is 10.3. The molecule has 0 aliphatic carbocycles. The maximum Gasteiger partial charge on any atom is 0.129 e. The Morgan fingerprint density at radius 3 is 2.50 bits per heavy atom. The van der Waals surface area contributed by atoms with Gasteiger partial charge in [0.25, 0.3) is 0 Å². The Balaban J connectivity index is 2.66. The fourth-order valence-electron chi connectivity index (χ4n) is 1.89. The summed E-state index contributed by atoms with van der Waals surface area (Å²) < 4.78 is 13.5. The second-order valence-electron chi connectivity index (χ2n) is 5.04. The molecule has 0 spiro atoms. The Kier molecular flexibility index (Phi) is 4.48. The van der Waals surface area contributed by atoms with Crippen molar-refractivity contribution in [1.82, 2.24) is 0 Å². The minimum atomic E-state index is -1.06. The van der Waals surface area contributed by atoms with E-state index < -0.39 is 5.60 Å². The van der Waals surface area contributed by atoms with Crippen LogP contribution in [0.4, 0.5) is 4.39 Å². The summed E-state index contributed by atoms with van der Waals surface area (Å²) in [7, 11) is 0.